The van der Waals surface area contributed by atoms with Crippen molar-refractivity contribution in [3.63, 3.8) is 0 Å². The SMILES string of the molecule is CCn1cc(CN2CCN(C(=O)Cn3nc(C)c4c(-c5cccc(C)c5)ccnc43)CC2)c(C)n1. The lowest BCUT2D eigenvalue weighted by Gasteiger charge is -2.34. The summed E-state index contributed by atoms with van der Waals surface area (Å²) in [6.07, 6.45) is 3.94. The van der Waals surface area contributed by atoms with E-state index in [0.717, 1.165) is 72.8 Å². The number of nitrogens with zero attached hydrogens (tertiary/aromatic N) is 7. The molecule has 0 aliphatic carbocycles. The predicted molar refractivity (Wildman–Crippen MR) is 137 cm³/mol. The summed E-state index contributed by atoms with van der Waals surface area (Å²) >= 11 is 0. The fourth-order valence-corrected chi connectivity index (χ4v) is 4.95. The van der Waals surface area contributed by atoms with Crippen LogP contribution >= 0.6 is 0 Å². The van der Waals surface area contributed by atoms with Crippen LogP contribution in [0.4, 0.5) is 0 Å². The van der Waals surface area contributed by atoms with Crippen molar-refractivity contribution >= 4 is 16.9 Å². The number of aryl methyl sites for hydroxylation is 4. The molecule has 0 spiro atoms. The molecule has 1 fully saturated rings. The van der Waals surface area contributed by atoms with E-state index in [9.17, 15) is 4.79 Å². The molecule has 4 aromatic rings. The van der Waals surface area contributed by atoms with Gasteiger partial charge >= 0.3 is 0 Å². The summed E-state index contributed by atoms with van der Waals surface area (Å²) in [6, 6.07) is 10.5. The Hall–Kier alpha value is -3.52. The van der Waals surface area contributed by atoms with Crippen molar-refractivity contribution in [1.29, 1.82) is 0 Å². The Morgan fingerprint density at radius 3 is 2.51 bits per heavy atom. The summed E-state index contributed by atoms with van der Waals surface area (Å²) in [6.45, 7) is 13.4. The Labute approximate surface area is 206 Å². The molecule has 0 atom stereocenters. The maximum absolute atomic E-state index is 13.2. The highest BCUT2D eigenvalue weighted by molar-refractivity contribution is 5.95. The molecule has 1 aliphatic rings. The van der Waals surface area contributed by atoms with Gasteiger partial charge in [0.2, 0.25) is 5.91 Å². The molecule has 8 heteroatoms. The zero-order valence-electron chi connectivity index (χ0n) is 21.0. The van der Waals surface area contributed by atoms with Crippen molar-refractivity contribution in [2.24, 2.45) is 0 Å². The largest absolute Gasteiger partial charge is 0.339 e. The summed E-state index contributed by atoms with van der Waals surface area (Å²) in [4.78, 5) is 22.1. The number of piperazine rings is 1. The Kier molecular flexibility index (Phi) is 6.38. The van der Waals surface area contributed by atoms with Gasteiger partial charge in [-0.1, -0.05) is 29.8 Å². The van der Waals surface area contributed by atoms with Gasteiger partial charge in [-0.15, -0.1) is 0 Å². The van der Waals surface area contributed by atoms with Gasteiger partial charge in [-0.05, 0) is 44.9 Å². The summed E-state index contributed by atoms with van der Waals surface area (Å²) in [5.41, 5.74) is 7.46. The van der Waals surface area contributed by atoms with E-state index in [4.69, 9.17) is 5.10 Å². The zero-order valence-corrected chi connectivity index (χ0v) is 21.0. The normalized spacial score (nSPS) is 14.7. The fourth-order valence-electron chi connectivity index (χ4n) is 4.95. The maximum Gasteiger partial charge on any atom is 0.244 e. The van der Waals surface area contributed by atoms with E-state index in [1.807, 2.05) is 28.8 Å². The van der Waals surface area contributed by atoms with Crippen molar-refractivity contribution in [3.05, 3.63) is 65.2 Å². The van der Waals surface area contributed by atoms with Crippen LogP contribution in [-0.2, 0) is 24.4 Å². The second-order valence-corrected chi connectivity index (χ2v) is 9.42. The molecule has 0 N–H and O–H groups in total. The number of carbonyl (C=O) groups excluding carboxylic acids is 1. The molecule has 182 valence electrons. The van der Waals surface area contributed by atoms with Crippen LogP contribution in [-0.4, -0.2) is 66.4 Å². The molecular formula is C27H33N7O. The van der Waals surface area contributed by atoms with E-state index < -0.39 is 0 Å². The third-order valence-electron chi connectivity index (χ3n) is 6.91. The van der Waals surface area contributed by atoms with Gasteiger partial charge in [-0.25, -0.2) is 9.67 Å². The first kappa shape index (κ1) is 23.2. The molecule has 1 amide bonds. The molecule has 4 heterocycles. The Morgan fingerprint density at radius 2 is 1.80 bits per heavy atom. The van der Waals surface area contributed by atoms with Crippen molar-refractivity contribution in [3.8, 4) is 11.1 Å². The van der Waals surface area contributed by atoms with Crippen LogP contribution in [0.15, 0.2) is 42.7 Å². The lowest BCUT2D eigenvalue weighted by molar-refractivity contribution is -0.133. The second kappa shape index (κ2) is 9.62. The molecule has 1 aromatic carbocycles. The molecule has 1 saturated heterocycles. The van der Waals surface area contributed by atoms with Gasteiger partial charge in [0.15, 0.2) is 5.65 Å². The first-order valence-corrected chi connectivity index (χ1v) is 12.3. The van der Waals surface area contributed by atoms with Crippen LogP contribution in [0.1, 0.15) is 29.4 Å². The number of aromatic nitrogens is 5. The summed E-state index contributed by atoms with van der Waals surface area (Å²) in [5.74, 6) is 0.0896. The molecule has 5 rings (SSSR count). The Bertz CT molecular complexity index is 1360. The predicted octanol–water partition coefficient (Wildman–Crippen LogP) is 3.58. The number of carbonyl (C=O) groups is 1. The number of hydrogen-bond acceptors (Lipinski definition) is 5. The van der Waals surface area contributed by atoms with Crippen molar-refractivity contribution in [2.75, 3.05) is 26.2 Å². The van der Waals surface area contributed by atoms with E-state index in [-0.39, 0.29) is 12.5 Å². The quantitative estimate of drug-likeness (QED) is 0.430. The Morgan fingerprint density at radius 1 is 1.00 bits per heavy atom. The summed E-state index contributed by atoms with van der Waals surface area (Å²) < 4.78 is 3.75. The monoisotopic (exact) mass is 471 g/mol. The fraction of sp³-hybridized carbons (Fsp3) is 0.407. The summed E-state index contributed by atoms with van der Waals surface area (Å²) in [7, 11) is 0. The number of hydrogen-bond donors (Lipinski definition) is 0. The first-order chi connectivity index (χ1) is 16.9. The average molecular weight is 472 g/mol. The number of rotatable bonds is 6. The minimum Gasteiger partial charge on any atom is -0.339 e. The number of fused-ring (bicyclic) bond motifs is 1. The lowest BCUT2D eigenvalue weighted by atomic mass is 10.0. The first-order valence-electron chi connectivity index (χ1n) is 12.3. The van der Waals surface area contributed by atoms with Crippen LogP contribution < -0.4 is 0 Å². The smallest absolute Gasteiger partial charge is 0.244 e. The van der Waals surface area contributed by atoms with Gasteiger partial charge in [0, 0.05) is 62.6 Å². The van der Waals surface area contributed by atoms with Crippen LogP contribution in [0.5, 0.6) is 0 Å². The van der Waals surface area contributed by atoms with Crippen LogP contribution in [0.3, 0.4) is 0 Å². The van der Waals surface area contributed by atoms with E-state index in [1.165, 1.54) is 11.1 Å². The number of benzene rings is 1. The van der Waals surface area contributed by atoms with Gasteiger partial charge in [0.25, 0.3) is 0 Å². The molecule has 3 aromatic heterocycles. The molecule has 0 unspecified atom stereocenters. The van der Waals surface area contributed by atoms with Crippen molar-refractivity contribution in [1.82, 2.24) is 34.3 Å². The van der Waals surface area contributed by atoms with E-state index in [1.54, 1.807) is 4.68 Å². The molecular weight excluding hydrogens is 438 g/mol. The molecule has 1 aliphatic heterocycles. The average Bonchev–Trinajstić information content (AvgIpc) is 3.38. The third-order valence-corrected chi connectivity index (χ3v) is 6.91. The topological polar surface area (TPSA) is 72.1 Å². The molecule has 0 saturated carbocycles. The maximum atomic E-state index is 13.2. The van der Waals surface area contributed by atoms with E-state index in [0.29, 0.717) is 0 Å². The van der Waals surface area contributed by atoms with Crippen molar-refractivity contribution < 1.29 is 4.79 Å². The van der Waals surface area contributed by atoms with Gasteiger partial charge in [0.1, 0.15) is 6.54 Å². The molecule has 0 radical (unpaired) electrons. The van der Waals surface area contributed by atoms with Crippen LogP contribution in [0.2, 0.25) is 0 Å². The summed E-state index contributed by atoms with van der Waals surface area (Å²) in [5, 5.41) is 10.3. The highest BCUT2D eigenvalue weighted by atomic mass is 16.2. The van der Waals surface area contributed by atoms with Gasteiger partial charge in [-0.3, -0.25) is 14.4 Å². The number of amides is 1. The minimum atomic E-state index is 0.0896. The molecule has 0 bridgehead atoms. The van der Waals surface area contributed by atoms with E-state index in [2.05, 4.69) is 66.2 Å². The van der Waals surface area contributed by atoms with Crippen LogP contribution in [0, 0.1) is 20.8 Å². The van der Waals surface area contributed by atoms with Gasteiger partial charge in [0.05, 0.1) is 11.4 Å². The van der Waals surface area contributed by atoms with Gasteiger partial charge < -0.3 is 4.90 Å². The Balaban J connectivity index is 1.27. The molecule has 35 heavy (non-hydrogen) atoms. The number of pyridine rings is 1. The second-order valence-electron chi connectivity index (χ2n) is 9.42. The van der Waals surface area contributed by atoms with E-state index >= 15 is 0 Å². The lowest BCUT2D eigenvalue weighted by Crippen LogP contribution is -2.49. The standard InChI is InChI=1S/C27H33N7O/c1-5-33-17-23(20(3)29-33)16-31-11-13-32(14-12-31)25(35)18-34-27-26(21(4)30-34)24(9-10-28-27)22-8-6-7-19(2)15-22/h6-10,15,17H,5,11-14,16,18H2,1-4H3. The van der Waals surface area contributed by atoms with Crippen LogP contribution in [0.25, 0.3) is 22.2 Å². The van der Waals surface area contributed by atoms with Crippen molar-refractivity contribution in [2.45, 2.75) is 47.3 Å². The van der Waals surface area contributed by atoms with Gasteiger partial charge in [-0.2, -0.15) is 10.2 Å². The molecule has 8 nitrogen and oxygen atoms in total. The highest BCUT2D eigenvalue weighted by Gasteiger charge is 2.24. The third kappa shape index (κ3) is 4.71. The zero-order chi connectivity index (χ0) is 24.5. The highest BCUT2D eigenvalue weighted by Crippen LogP contribution is 2.30. The minimum absolute atomic E-state index is 0.0896.